The van der Waals surface area contributed by atoms with Crippen molar-refractivity contribution in [2.75, 3.05) is 18.0 Å². The Morgan fingerprint density at radius 2 is 2.31 bits per heavy atom. The van der Waals surface area contributed by atoms with Gasteiger partial charge >= 0.3 is 0 Å². The number of piperidine rings is 1. The molecule has 1 aromatic rings. The normalized spacial score (nSPS) is 21.2. The Hall–Kier alpha value is -0.210. The van der Waals surface area contributed by atoms with E-state index < -0.39 is 0 Å². The second kappa shape index (κ2) is 5.42. The number of rotatable bonds is 2. The summed E-state index contributed by atoms with van der Waals surface area (Å²) in [7, 11) is 0. The maximum atomic E-state index is 6.02. The van der Waals surface area contributed by atoms with Crippen molar-refractivity contribution < 1.29 is 0 Å². The molecule has 0 aliphatic carbocycles. The number of halogens is 2. The van der Waals surface area contributed by atoms with Crippen LogP contribution in [0.2, 0.25) is 5.02 Å². The minimum atomic E-state index is 0.799. The molecule has 1 heterocycles. The lowest BCUT2D eigenvalue weighted by Gasteiger charge is -2.34. The summed E-state index contributed by atoms with van der Waals surface area (Å²) >= 11 is 9.56. The molecule has 0 radical (unpaired) electrons. The minimum Gasteiger partial charge on any atom is -0.371 e. The number of anilines is 1. The van der Waals surface area contributed by atoms with Gasteiger partial charge in [-0.05, 0) is 42.5 Å². The maximum absolute atomic E-state index is 6.02. The fraction of sp³-hybridized carbons (Fsp3) is 0.538. The van der Waals surface area contributed by atoms with Crippen LogP contribution in [0.5, 0.6) is 0 Å². The highest BCUT2D eigenvalue weighted by atomic mass is 79.9. The minimum absolute atomic E-state index is 0.799. The van der Waals surface area contributed by atoms with Crippen LogP contribution in [0.3, 0.4) is 0 Å². The van der Waals surface area contributed by atoms with Crippen molar-refractivity contribution in [2.45, 2.75) is 25.1 Å². The third-order valence-corrected chi connectivity index (χ3v) is 4.02. The Labute approximate surface area is 111 Å². The van der Waals surface area contributed by atoms with E-state index in [9.17, 15) is 0 Å². The predicted octanol–water partition coefficient (Wildman–Crippen LogP) is 4.47. The standard InChI is InChI=1S/C13H17BrClN/c1-10-3-2-6-16(9-10)13-5-4-12(15)7-11(13)8-14/h4-5,7,10H,2-3,6,8-9H2,1H3. The molecule has 1 nitrogen and oxygen atoms in total. The van der Waals surface area contributed by atoms with Crippen LogP contribution < -0.4 is 4.90 Å². The Bertz CT molecular complexity index is 367. The number of benzene rings is 1. The van der Waals surface area contributed by atoms with Gasteiger partial charge in [0.05, 0.1) is 0 Å². The molecule has 1 atom stereocenters. The van der Waals surface area contributed by atoms with E-state index in [0.717, 1.165) is 16.3 Å². The highest BCUT2D eigenvalue weighted by molar-refractivity contribution is 9.08. The molecule has 0 spiro atoms. The van der Waals surface area contributed by atoms with Crippen LogP contribution in [0.4, 0.5) is 5.69 Å². The summed E-state index contributed by atoms with van der Waals surface area (Å²) in [6.07, 6.45) is 2.65. The van der Waals surface area contributed by atoms with Crippen LogP contribution in [0.25, 0.3) is 0 Å². The largest absolute Gasteiger partial charge is 0.371 e. The van der Waals surface area contributed by atoms with Gasteiger partial charge in [0.15, 0.2) is 0 Å². The van der Waals surface area contributed by atoms with Crippen LogP contribution in [0.1, 0.15) is 25.3 Å². The van der Waals surface area contributed by atoms with Crippen molar-refractivity contribution in [2.24, 2.45) is 5.92 Å². The van der Waals surface area contributed by atoms with E-state index in [-0.39, 0.29) is 0 Å². The monoisotopic (exact) mass is 301 g/mol. The number of alkyl halides is 1. The number of hydrogen-bond acceptors (Lipinski definition) is 1. The zero-order valence-electron chi connectivity index (χ0n) is 9.55. The first-order chi connectivity index (χ1) is 7.70. The fourth-order valence-corrected chi connectivity index (χ4v) is 3.02. The summed E-state index contributed by atoms with van der Waals surface area (Å²) in [5.41, 5.74) is 2.63. The second-order valence-corrected chi connectivity index (χ2v) is 5.60. The molecule has 1 fully saturated rings. The van der Waals surface area contributed by atoms with E-state index in [4.69, 9.17) is 11.6 Å². The lowest BCUT2D eigenvalue weighted by atomic mass is 9.99. The number of nitrogens with zero attached hydrogens (tertiary/aromatic N) is 1. The molecule has 0 aromatic heterocycles. The Morgan fingerprint density at radius 3 is 3.00 bits per heavy atom. The first-order valence-electron chi connectivity index (χ1n) is 5.80. The summed E-state index contributed by atoms with van der Waals surface area (Å²) in [6.45, 7) is 4.67. The van der Waals surface area contributed by atoms with Crippen molar-refractivity contribution in [1.29, 1.82) is 0 Å². The van der Waals surface area contributed by atoms with Crippen molar-refractivity contribution >= 4 is 33.2 Å². The van der Waals surface area contributed by atoms with Crippen LogP contribution in [0, 0.1) is 5.92 Å². The van der Waals surface area contributed by atoms with E-state index in [1.54, 1.807) is 0 Å². The van der Waals surface area contributed by atoms with Gasteiger partial charge in [0.2, 0.25) is 0 Å². The highest BCUT2D eigenvalue weighted by Gasteiger charge is 2.18. The molecule has 0 bridgehead atoms. The zero-order chi connectivity index (χ0) is 11.5. The van der Waals surface area contributed by atoms with E-state index in [2.05, 4.69) is 39.9 Å². The molecule has 1 aliphatic heterocycles. The SMILES string of the molecule is CC1CCCN(c2ccc(Cl)cc2CBr)C1. The van der Waals surface area contributed by atoms with Gasteiger partial charge in [-0.25, -0.2) is 0 Å². The maximum Gasteiger partial charge on any atom is 0.0410 e. The smallest absolute Gasteiger partial charge is 0.0410 e. The fourth-order valence-electron chi connectivity index (χ4n) is 2.38. The van der Waals surface area contributed by atoms with E-state index in [1.165, 1.54) is 37.2 Å². The average molecular weight is 303 g/mol. The van der Waals surface area contributed by atoms with E-state index in [1.807, 2.05) is 6.07 Å². The van der Waals surface area contributed by atoms with Gasteiger partial charge in [-0.3, -0.25) is 0 Å². The Kier molecular flexibility index (Phi) is 4.15. The first-order valence-corrected chi connectivity index (χ1v) is 7.30. The molecule has 1 aliphatic rings. The molecule has 1 saturated heterocycles. The Morgan fingerprint density at radius 1 is 1.50 bits per heavy atom. The van der Waals surface area contributed by atoms with Crippen LogP contribution >= 0.6 is 27.5 Å². The van der Waals surface area contributed by atoms with Gasteiger partial charge in [-0.15, -0.1) is 0 Å². The molecule has 0 amide bonds. The van der Waals surface area contributed by atoms with Crippen molar-refractivity contribution in [3.63, 3.8) is 0 Å². The third kappa shape index (κ3) is 2.72. The van der Waals surface area contributed by atoms with E-state index in [0.29, 0.717) is 0 Å². The Balaban J connectivity index is 2.24. The third-order valence-electron chi connectivity index (χ3n) is 3.18. The molecule has 0 saturated carbocycles. The lowest BCUT2D eigenvalue weighted by Crippen LogP contribution is -2.34. The van der Waals surface area contributed by atoms with Crippen LogP contribution in [0.15, 0.2) is 18.2 Å². The van der Waals surface area contributed by atoms with Crippen molar-refractivity contribution in [3.05, 3.63) is 28.8 Å². The van der Waals surface area contributed by atoms with E-state index >= 15 is 0 Å². The zero-order valence-corrected chi connectivity index (χ0v) is 11.9. The molecular formula is C13H17BrClN. The van der Waals surface area contributed by atoms with Gasteiger partial charge in [0.25, 0.3) is 0 Å². The van der Waals surface area contributed by atoms with Gasteiger partial charge in [-0.2, -0.15) is 0 Å². The van der Waals surface area contributed by atoms with Gasteiger partial charge < -0.3 is 4.90 Å². The summed E-state index contributed by atoms with van der Waals surface area (Å²) in [4.78, 5) is 2.49. The second-order valence-electron chi connectivity index (χ2n) is 4.60. The summed E-state index contributed by atoms with van der Waals surface area (Å²) in [6, 6.07) is 6.20. The topological polar surface area (TPSA) is 3.24 Å². The quantitative estimate of drug-likeness (QED) is 0.729. The van der Waals surface area contributed by atoms with Crippen molar-refractivity contribution in [3.8, 4) is 0 Å². The van der Waals surface area contributed by atoms with Gasteiger partial charge in [0.1, 0.15) is 0 Å². The van der Waals surface area contributed by atoms with Gasteiger partial charge in [-0.1, -0.05) is 34.5 Å². The molecule has 1 aromatic carbocycles. The molecular weight excluding hydrogens is 286 g/mol. The van der Waals surface area contributed by atoms with Crippen molar-refractivity contribution in [1.82, 2.24) is 0 Å². The molecule has 16 heavy (non-hydrogen) atoms. The van der Waals surface area contributed by atoms with Crippen LogP contribution in [-0.2, 0) is 5.33 Å². The van der Waals surface area contributed by atoms with Crippen LogP contribution in [-0.4, -0.2) is 13.1 Å². The lowest BCUT2D eigenvalue weighted by molar-refractivity contribution is 0.446. The molecule has 88 valence electrons. The molecule has 3 heteroatoms. The molecule has 1 unspecified atom stereocenters. The summed E-state index contributed by atoms with van der Waals surface area (Å²) < 4.78 is 0. The summed E-state index contributed by atoms with van der Waals surface area (Å²) in [5.74, 6) is 0.799. The summed E-state index contributed by atoms with van der Waals surface area (Å²) in [5, 5.41) is 1.69. The highest BCUT2D eigenvalue weighted by Crippen LogP contribution is 2.29. The van der Waals surface area contributed by atoms with Gasteiger partial charge in [0, 0.05) is 29.1 Å². The number of hydrogen-bond donors (Lipinski definition) is 0. The first kappa shape index (κ1) is 12.3. The molecule has 0 N–H and O–H groups in total. The molecule has 2 rings (SSSR count). The average Bonchev–Trinajstić information content (AvgIpc) is 2.28. The predicted molar refractivity (Wildman–Crippen MR) is 74.7 cm³/mol.